The van der Waals surface area contributed by atoms with Gasteiger partial charge >= 0.3 is 5.69 Å². The SMILES string of the molecule is Nc1ccc(Cl)cc1NC(=O)CCn1cc(Cl)cnc1=O. The molecule has 0 atom stereocenters. The van der Waals surface area contributed by atoms with Crippen molar-refractivity contribution >= 4 is 40.5 Å². The van der Waals surface area contributed by atoms with Crippen LogP contribution in [0.15, 0.2) is 35.4 Å². The Morgan fingerprint density at radius 3 is 2.86 bits per heavy atom. The Morgan fingerprint density at radius 2 is 2.10 bits per heavy atom. The van der Waals surface area contributed by atoms with Gasteiger partial charge in [0.25, 0.3) is 0 Å². The van der Waals surface area contributed by atoms with E-state index in [9.17, 15) is 9.59 Å². The highest BCUT2D eigenvalue weighted by atomic mass is 35.5. The van der Waals surface area contributed by atoms with Crippen LogP contribution in [-0.4, -0.2) is 15.5 Å². The molecule has 0 bridgehead atoms. The van der Waals surface area contributed by atoms with Gasteiger partial charge in [-0.2, -0.15) is 0 Å². The van der Waals surface area contributed by atoms with Crippen molar-refractivity contribution in [3.8, 4) is 0 Å². The van der Waals surface area contributed by atoms with E-state index in [1.165, 1.54) is 17.0 Å². The number of nitrogens with one attached hydrogen (secondary N) is 1. The van der Waals surface area contributed by atoms with Crippen molar-refractivity contribution in [2.45, 2.75) is 13.0 Å². The molecule has 8 heteroatoms. The van der Waals surface area contributed by atoms with E-state index in [0.717, 1.165) is 0 Å². The standard InChI is InChI=1S/C13H12Cl2N4O2/c14-8-1-2-10(16)11(5-8)18-12(20)3-4-19-7-9(15)6-17-13(19)21/h1-2,5-7H,3-4,16H2,(H,18,20). The van der Waals surface area contributed by atoms with Crippen molar-refractivity contribution < 1.29 is 4.79 Å². The average molecular weight is 327 g/mol. The zero-order chi connectivity index (χ0) is 15.4. The first kappa shape index (κ1) is 15.3. The third kappa shape index (κ3) is 4.21. The van der Waals surface area contributed by atoms with Crippen molar-refractivity contribution in [2.75, 3.05) is 11.1 Å². The summed E-state index contributed by atoms with van der Waals surface area (Å²) in [6, 6.07) is 4.79. The molecule has 0 saturated carbocycles. The molecular formula is C13H12Cl2N4O2. The molecule has 1 heterocycles. The molecule has 6 nitrogen and oxygen atoms in total. The summed E-state index contributed by atoms with van der Waals surface area (Å²) in [6.45, 7) is 0.165. The fraction of sp³-hybridized carbons (Fsp3) is 0.154. The van der Waals surface area contributed by atoms with Crippen LogP contribution in [0.4, 0.5) is 11.4 Å². The van der Waals surface area contributed by atoms with Crippen LogP contribution < -0.4 is 16.7 Å². The van der Waals surface area contributed by atoms with Crippen molar-refractivity contribution in [3.05, 3.63) is 51.1 Å². The summed E-state index contributed by atoms with van der Waals surface area (Å²) in [5, 5.41) is 3.43. The quantitative estimate of drug-likeness (QED) is 0.842. The molecule has 0 aliphatic heterocycles. The summed E-state index contributed by atoms with van der Waals surface area (Å²) in [4.78, 5) is 26.9. The maximum absolute atomic E-state index is 11.9. The molecule has 2 rings (SSSR count). The Hall–Kier alpha value is -2.05. The zero-order valence-corrected chi connectivity index (χ0v) is 12.4. The number of hydrogen-bond donors (Lipinski definition) is 2. The van der Waals surface area contributed by atoms with Gasteiger partial charge in [-0.3, -0.25) is 9.36 Å². The van der Waals surface area contributed by atoms with Crippen LogP contribution in [-0.2, 0) is 11.3 Å². The zero-order valence-electron chi connectivity index (χ0n) is 10.8. The van der Waals surface area contributed by atoms with Crippen LogP contribution in [0.25, 0.3) is 0 Å². The number of amides is 1. The van der Waals surface area contributed by atoms with Gasteiger partial charge in [-0.15, -0.1) is 0 Å². The molecule has 1 aromatic heterocycles. The minimum atomic E-state index is -0.463. The molecule has 0 fully saturated rings. The number of hydrogen-bond acceptors (Lipinski definition) is 4. The van der Waals surface area contributed by atoms with Gasteiger partial charge in [0.2, 0.25) is 5.91 Å². The van der Waals surface area contributed by atoms with E-state index in [4.69, 9.17) is 28.9 Å². The molecule has 0 radical (unpaired) electrons. The monoisotopic (exact) mass is 326 g/mol. The maximum atomic E-state index is 11.9. The lowest BCUT2D eigenvalue weighted by molar-refractivity contribution is -0.116. The van der Waals surface area contributed by atoms with E-state index in [0.29, 0.717) is 21.4 Å². The van der Waals surface area contributed by atoms with Crippen LogP contribution in [0.2, 0.25) is 10.0 Å². The third-order valence-corrected chi connectivity index (χ3v) is 3.12. The van der Waals surface area contributed by atoms with Crippen LogP contribution in [0, 0.1) is 0 Å². The fourth-order valence-corrected chi connectivity index (χ4v) is 2.00. The molecular weight excluding hydrogens is 315 g/mol. The second kappa shape index (κ2) is 6.60. The van der Waals surface area contributed by atoms with Gasteiger partial charge in [0.05, 0.1) is 22.6 Å². The van der Waals surface area contributed by atoms with Crippen LogP contribution in [0.3, 0.4) is 0 Å². The summed E-state index contributed by atoms with van der Waals surface area (Å²) in [7, 11) is 0. The number of carbonyl (C=O) groups excluding carboxylic acids is 1. The van der Waals surface area contributed by atoms with E-state index in [2.05, 4.69) is 10.3 Å². The first-order valence-corrected chi connectivity index (χ1v) is 6.78. The van der Waals surface area contributed by atoms with Gasteiger partial charge in [0.1, 0.15) is 0 Å². The highest BCUT2D eigenvalue weighted by Gasteiger charge is 2.07. The average Bonchev–Trinajstić information content (AvgIpc) is 2.44. The molecule has 3 N–H and O–H groups in total. The molecule has 110 valence electrons. The number of carbonyl (C=O) groups is 1. The van der Waals surface area contributed by atoms with Crippen LogP contribution >= 0.6 is 23.2 Å². The van der Waals surface area contributed by atoms with Gasteiger partial charge in [-0.25, -0.2) is 9.78 Å². The number of anilines is 2. The first-order chi connectivity index (χ1) is 9.95. The first-order valence-electron chi connectivity index (χ1n) is 6.02. The normalized spacial score (nSPS) is 10.4. The number of aryl methyl sites for hydroxylation is 1. The van der Waals surface area contributed by atoms with Crippen LogP contribution in [0.1, 0.15) is 6.42 Å². The van der Waals surface area contributed by atoms with Crippen molar-refractivity contribution in [1.82, 2.24) is 9.55 Å². The van der Waals surface area contributed by atoms with Gasteiger partial charge in [0, 0.05) is 24.2 Å². The molecule has 1 aromatic carbocycles. The smallest absolute Gasteiger partial charge is 0.347 e. The number of halogens is 2. The predicted molar refractivity (Wildman–Crippen MR) is 82.6 cm³/mol. The number of benzene rings is 1. The Morgan fingerprint density at radius 1 is 1.33 bits per heavy atom. The number of rotatable bonds is 4. The lowest BCUT2D eigenvalue weighted by Crippen LogP contribution is -2.24. The molecule has 0 aliphatic rings. The van der Waals surface area contributed by atoms with E-state index >= 15 is 0 Å². The predicted octanol–water partition coefficient (Wildman–Crippen LogP) is 2.16. The summed E-state index contributed by atoms with van der Waals surface area (Å²) in [5.74, 6) is -0.296. The van der Waals surface area contributed by atoms with Gasteiger partial charge in [0.15, 0.2) is 0 Å². The summed E-state index contributed by atoms with van der Waals surface area (Å²) in [5.41, 5.74) is 6.12. The van der Waals surface area contributed by atoms with E-state index < -0.39 is 5.69 Å². The minimum absolute atomic E-state index is 0.0773. The number of aromatic nitrogens is 2. The third-order valence-electron chi connectivity index (χ3n) is 2.69. The Bertz CT molecular complexity index is 730. The lowest BCUT2D eigenvalue weighted by atomic mass is 10.2. The highest BCUT2D eigenvalue weighted by Crippen LogP contribution is 2.22. The molecule has 0 spiro atoms. The number of nitrogens with zero attached hydrogens (tertiary/aromatic N) is 2. The Kier molecular flexibility index (Phi) is 4.82. The summed E-state index contributed by atoms with van der Waals surface area (Å²) < 4.78 is 1.27. The van der Waals surface area contributed by atoms with Gasteiger partial charge in [-0.1, -0.05) is 23.2 Å². The van der Waals surface area contributed by atoms with E-state index in [1.807, 2.05) is 0 Å². The minimum Gasteiger partial charge on any atom is -0.397 e. The van der Waals surface area contributed by atoms with Crippen LogP contribution in [0.5, 0.6) is 0 Å². The van der Waals surface area contributed by atoms with E-state index in [1.54, 1.807) is 18.2 Å². The molecule has 2 aromatic rings. The van der Waals surface area contributed by atoms with Crippen molar-refractivity contribution in [1.29, 1.82) is 0 Å². The molecule has 0 aliphatic carbocycles. The number of nitrogens with two attached hydrogens (primary N) is 1. The van der Waals surface area contributed by atoms with Gasteiger partial charge in [-0.05, 0) is 18.2 Å². The van der Waals surface area contributed by atoms with E-state index in [-0.39, 0.29) is 18.9 Å². The maximum Gasteiger partial charge on any atom is 0.347 e. The lowest BCUT2D eigenvalue weighted by Gasteiger charge is -2.09. The highest BCUT2D eigenvalue weighted by molar-refractivity contribution is 6.31. The Labute approximate surface area is 130 Å². The topological polar surface area (TPSA) is 90.0 Å². The molecule has 0 unspecified atom stereocenters. The molecule has 0 saturated heterocycles. The fourth-order valence-electron chi connectivity index (χ4n) is 1.66. The Balaban J connectivity index is 2.01. The number of nitrogen functional groups attached to an aromatic ring is 1. The largest absolute Gasteiger partial charge is 0.397 e. The second-order valence-electron chi connectivity index (χ2n) is 4.28. The summed E-state index contributed by atoms with van der Waals surface area (Å²) >= 11 is 11.6. The van der Waals surface area contributed by atoms with Gasteiger partial charge < -0.3 is 11.1 Å². The molecule has 1 amide bonds. The second-order valence-corrected chi connectivity index (χ2v) is 5.15. The molecule has 21 heavy (non-hydrogen) atoms. The summed E-state index contributed by atoms with van der Waals surface area (Å²) in [6.07, 6.45) is 2.76. The van der Waals surface area contributed by atoms with Crippen molar-refractivity contribution in [3.63, 3.8) is 0 Å². The van der Waals surface area contributed by atoms with Crippen molar-refractivity contribution in [2.24, 2.45) is 0 Å².